The molecule has 5 nitrogen and oxygen atoms in total. The zero-order valence-corrected chi connectivity index (χ0v) is 15.7. The van der Waals surface area contributed by atoms with Gasteiger partial charge in [0.2, 0.25) is 11.8 Å². The number of nitrogens with zero attached hydrogens (tertiary/aromatic N) is 2. The lowest BCUT2D eigenvalue weighted by atomic mass is 10.0. The lowest BCUT2D eigenvalue weighted by Crippen LogP contribution is -2.45. The van der Waals surface area contributed by atoms with Crippen molar-refractivity contribution in [3.05, 3.63) is 66.4 Å². The van der Waals surface area contributed by atoms with Crippen LogP contribution in [0.4, 0.5) is 11.4 Å². The average molecular weight is 371 g/mol. The molecule has 0 saturated heterocycles. The Morgan fingerprint density at radius 2 is 1.86 bits per heavy atom. The normalized spacial score (nSPS) is 19.3. The Morgan fingerprint density at radius 3 is 2.68 bits per heavy atom. The molecule has 2 aromatic carbocycles. The van der Waals surface area contributed by atoms with Crippen molar-refractivity contribution >= 4 is 34.1 Å². The topological polar surface area (TPSA) is 62.3 Å². The molecule has 1 atom stereocenters. The van der Waals surface area contributed by atoms with Crippen LogP contribution in [0.3, 0.4) is 0 Å². The van der Waals surface area contributed by atoms with E-state index in [1.54, 1.807) is 6.20 Å². The number of amides is 2. The number of aromatic nitrogens is 1. The number of anilines is 2. The van der Waals surface area contributed by atoms with Crippen LogP contribution < -0.4 is 10.2 Å². The number of rotatable bonds is 3. The van der Waals surface area contributed by atoms with Gasteiger partial charge < -0.3 is 10.2 Å². The minimum atomic E-state index is -0.970. The minimum Gasteiger partial charge on any atom is -0.323 e. The van der Waals surface area contributed by atoms with Crippen LogP contribution >= 0.6 is 0 Å². The second kappa shape index (κ2) is 6.16. The Balaban J connectivity index is 1.44. The maximum Gasteiger partial charge on any atom is 0.242 e. The molecule has 1 aliphatic carbocycles. The van der Waals surface area contributed by atoms with E-state index in [2.05, 4.69) is 16.4 Å². The highest BCUT2D eigenvalue weighted by Crippen LogP contribution is 2.50. The van der Waals surface area contributed by atoms with E-state index in [4.69, 9.17) is 0 Å². The molecule has 1 unspecified atom stereocenters. The van der Waals surface area contributed by atoms with Gasteiger partial charge in [-0.2, -0.15) is 0 Å². The number of benzene rings is 2. The van der Waals surface area contributed by atoms with Crippen LogP contribution in [0.15, 0.2) is 60.8 Å². The molecule has 140 valence electrons. The third kappa shape index (κ3) is 2.50. The van der Waals surface area contributed by atoms with Gasteiger partial charge in [0.1, 0.15) is 5.41 Å². The molecule has 28 heavy (non-hydrogen) atoms. The summed E-state index contributed by atoms with van der Waals surface area (Å²) in [6.45, 7) is 2.04. The standard InChI is InChI=1S/C23H21N3O2/c1-15-14-17-6-2-3-10-19(17)26(15)22(28)23(11-12-23)21(27)25-18-9-4-7-16-8-5-13-24-20(16)18/h2-10,13,15H,11-12,14H2,1H3,(H,25,27). The molecule has 1 saturated carbocycles. The average Bonchev–Trinajstić information content (AvgIpc) is 3.45. The first kappa shape index (κ1) is 16.9. The predicted octanol–water partition coefficient (Wildman–Crippen LogP) is 3.93. The van der Waals surface area contributed by atoms with Crippen molar-refractivity contribution in [2.45, 2.75) is 32.2 Å². The number of hydrogen-bond acceptors (Lipinski definition) is 3. The van der Waals surface area contributed by atoms with E-state index in [1.807, 2.05) is 60.4 Å². The van der Waals surface area contributed by atoms with Gasteiger partial charge >= 0.3 is 0 Å². The number of pyridine rings is 1. The number of carbonyl (C=O) groups excluding carboxylic acids is 2. The Bertz CT molecular complexity index is 1100. The number of carbonyl (C=O) groups is 2. The van der Waals surface area contributed by atoms with Crippen molar-refractivity contribution in [1.82, 2.24) is 4.98 Å². The molecule has 3 aromatic rings. The summed E-state index contributed by atoms with van der Waals surface area (Å²) < 4.78 is 0. The van der Waals surface area contributed by atoms with Crippen LogP contribution in [0.25, 0.3) is 10.9 Å². The lowest BCUT2D eigenvalue weighted by molar-refractivity contribution is -0.132. The smallest absolute Gasteiger partial charge is 0.242 e. The summed E-state index contributed by atoms with van der Waals surface area (Å²) in [4.78, 5) is 32.8. The molecule has 1 aliphatic heterocycles. The summed E-state index contributed by atoms with van der Waals surface area (Å²) >= 11 is 0. The Hall–Kier alpha value is -3.21. The fraction of sp³-hybridized carbons (Fsp3) is 0.261. The quantitative estimate of drug-likeness (QED) is 0.710. The van der Waals surface area contributed by atoms with Crippen LogP contribution in [-0.4, -0.2) is 22.8 Å². The summed E-state index contributed by atoms with van der Waals surface area (Å²) in [5.74, 6) is -0.317. The first-order valence-electron chi connectivity index (χ1n) is 9.67. The van der Waals surface area contributed by atoms with E-state index in [0.717, 1.165) is 28.6 Å². The molecule has 5 heteroatoms. The Labute approximate surface area is 163 Å². The second-order valence-corrected chi connectivity index (χ2v) is 7.77. The summed E-state index contributed by atoms with van der Waals surface area (Å²) in [5.41, 5.74) is 2.52. The molecule has 5 rings (SSSR count). The highest BCUT2D eigenvalue weighted by atomic mass is 16.2. The molecule has 1 aromatic heterocycles. The second-order valence-electron chi connectivity index (χ2n) is 7.77. The van der Waals surface area contributed by atoms with E-state index in [1.165, 1.54) is 0 Å². The number of para-hydroxylation sites is 2. The molecule has 1 N–H and O–H groups in total. The Morgan fingerprint density at radius 1 is 1.07 bits per heavy atom. The maximum atomic E-state index is 13.4. The summed E-state index contributed by atoms with van der Waals surface area (Å²) in [6, 6.07) is 17.5. The third-order valence-electron chi connectivity index (χ3n) is 5.90. The van der Waals surface area contributed by atoms with Crippen molar-refractivity contribution in [3.63, 3.8) is 0 Å². The number of fused-ring (bicyclic) bond motifs is 2. The van der Waals surface area contributed by atoms with E-state index in [9.17, 15) is 9.59 Å². The molecule has 1 fully saturated rings. The molecule has 0 spiro atoms. The summed E-state index contributed by atoms with van der Waals surface area (Å²) in [6.07, 6.45) is 3.70. The van der Waals surface area contributed by atoms with Gasteiger partial charge in [0.15, 0.2) is 0 Å². The van der Waals surface area contributed by atoms with Crippen LogP contribution in [0.2, 0.25) is 0 Å². The molecule has 2 amide bonds. The zero-order valence-electron chi connectivity index (χ0n) is 15.7. The molecular formula is C23H21N3O2. The highest BCUT2D eigenvalue weighted by molar-refractivity contribution is 6.19. The fourth-order valence-corrected chi connectivity index (χ4v) is 4.22. The van der Waals surface area contributed by atoms with Gasteiger partial charge in [-0.3, -0.25) is 14.6 Å². The van der Waals surface area contributed by atoms with E-state index >= 15 is 0 Å². The first-order valence-corrected chi connectivity index (χ1v) is 9.67. The van der Waals surface area contributed by atoms with Gasteiger partial charge in [-0.25, -0.2) is 0 Å². The number of nitrogens with one attached hydrogen (secondary N) is 1. The van der Waals surface area contributed by atoms with Gasteiger partial charge in [0.05, 0.1) is 11.2 Å². The van der Waals surface area contributed by atoms with Gasteiger partial charge in [0, 0.05) is 23.3 Å². The number of hydrogen-bond donors (Lipinski definition) is 1. The predicted molar refractivity (Wildman–Crippen MR) is 109 cm³/mol. The Kier molecular flexibility index (Phi) is 3.72. The largest absolute Gasteiger partial charge is 0.323 e. The van der Waals surface area contributed by atoms with Gasteiger partial charge in [-0.05, 0) is 49.9 Å². The maximum absolute atomic E-state index is 13.4. The molecule has 0 radical (unpaired) electrons. The van der Waals surface area contributed by atoms with Crippen LogP contribution in [-0.2, 0) is 16.0 Å². The minimum absolute atomic E-state index is 0.0643. The van der Waals surface area contributed by atoms with Gasteiger partial charge in [-0.15, -0.1) is 0 Å². The fourth-order valence-electron chi connectivity index (χ4n) is 4.22. The summed E-state index contributed by atoms with van der Waals surface area (Å²) in [5, 5.41) is 3.94. The lowest BCUT2D eigenvalue weighted by Gasteiger charge is -2.27. The van der Waals surface area contributed by atoms with Gasteiger partial charge in [0.25, 0.3) is 0 Å². The first-order chi connectivity index (χ1) is 13.6. The highest BCUT2D eigenvalue weighted by Gasteiger charge is 2.59. The van der Waals surface area contributed by atoms with Crippen molar-refractivity contribution in [2.24, 2.45) is 5.41 Å². The van der Waals surface area contributed by atoms with Crippen LogP contribution in [0, 0.1) is 5.41 Å². The van der Waals surface area contributed by atoms with Crippen molar-refractivity contribution in [3.8, 4) is 0 Å². The molecule has 2 aliphatic rings. The van der Waals surface area contributed by atoms with Gasteiger partial charge in [-0.1, -0.05) is 36.4 Å². The van der Waals surface area contributed by atoms with Crippen molar-refractivity contribution in [1.29, 1.82) is 0 Å². The van der Waals surface area contributed by atoms with Crippen molar-refractivity contribution in [2.75, 3.05) is 10.2 Å². The van der Waals surface area contributed by atoms with E-state index in [-0.39, 0.29) is 17.9 Å². The molecular weight excluding hydrogens is 350 g/mol. The van der Waals surface area contributed by atoms with Crippen LogP contribution in [0.5, 0.6) is 0 Å². The van der Waals surface area contributed by atoms with Crippen molar-refractivity contribution < 1.29 is 9.59 Å². The van der Waals surface area contributed by atoms with Crippen LogP contribution in [0.1, 0.15) is 25.3 Å². The molecule has 0 bridgehead atoms. The van der Waals surface area contributed by atoms with E-state index in [0.29, 0.717) is 18.5 Å². The summed E-state index contributed by atoms with van der Waals surface area (Å²) in [7, 11) is 0. The SMILES string of the molecule is CC1Cc2ccccc2N1C(=O)C1(C(=O)Nc2cccc3cccnc23)CC1. The van der Waals surface area contributed by atoms with E-state index < -0.39 is 5.41 Å². The molecule has 2 heterocycles. The zero-order chi connectivity index (χ0) is 19.3. The third-order valence-corrected chi connectivity index (χ3v) is 5.90. The monoisotopic (exact) mass is 371 g/mol.